The highest BCUT2D eigenvalue weighted by molar-refractivity contribution is 5.97. The summed E-state index contributed by atoms with van der Waals surface area (Å²) >= 11 is 0. The molecule has 0 atom stereocenters. The highest BCUT2D eigenvalue weighted by atomic mass is 16.5. The zero-order valence-corrected chi connectivity index (χ0v) is 11.9. The minimum absolute atomic E-state index is 0.157. The molecule has 104 valence electrons. The highest BCUT2D eigenvalue weighted by Crippen LogP contribution is 2.38. The number of ether oxygens (including phenoxy) is 2. The van der Waals surface area contributed by atoms with Crippen LogP contribution in [0.25, 0.3) is 0 Å². The molecule has 1 amide bonds. The molecule has 1 aromatic rings. The van der Waals surface area contributed by atoms with Crippen molar-refractivity contribution in [1.82, 2.24) is 5.32 Å². The van der Waals surface area contributed by atoms with Crippen LogP contribution in [-0.2, 0) is 0 Å². The third kappa shape index (κ3) is 3.63. The van der Waals surface area contributed by atoms with E-state index in [1.165, 1.54) is 0 Å². The van der Waals surface area contributed by atoms with Gasteiger partial charge in [-0.2, -0.15) is 0 Å². The normalized spacial score (nSPS) is 14.9. The topological polar surface area (TPSA) is 47.6 Å². The molecule has 1 aliphatic rings. The maximum atomic E-state index is 11.9. The van der Waals surface area contributed by atoms with Crippen LogP contribution in [0.2, 0.25) is 0 Å². The Morgan fingerprint density at radius 2 is 2.00 bits per heavy atom. The van der Waals surface area contributed by atoms with E-state index in [1.807, 2.05) is 32.9 Å². The summed E-state index contributed by atoms with van der Waals surface area (Å²) in [6, 6.07) is 5.41. The van der Waals surface area contributed by atoms with Crippen molar-refractivity contribution in [1.29, 1.82) is 0 Å². The first-order chi connectivity index (χ1) is 8.90. The van der Waals surface area contributed by atoms with Gasteiger partial charge in [-0.3, -0.25) is 4.79 Å². The van der Waals surface area contributed by atoms with Crippen molar-refractivity contribution in [3.05, 3.63) is 23.8 Å². The molecule has 0 unspecified atom stereocenters. The smallest absolute Gasteiger partial charge is 0.254 e. The molecule has 0 aromatic heterocycles. The Kier molecular flexibility index (Phi) is 3.69. The zero-order chi connectivity index (χ0) is 14.0. The van der Waals surface area contributed by atoms with E-state index in [-0.39, 0.29) is 17.6 Å². The van der Waals surface area contributed by atoms with Gasteiger partial charge in [0.2, 0.25) is 0 Å². The lowest BCUT2D eigenvalue weighted by Crippen LogP contribution is -2.25. The Morgan fingerprint density at radius 1 is 1.32 bits per heavy atom. The third-order valence-electron chi connectivity index (χ3n) is 2.68. The quantitative estimate of drug-likeness (QED) is 0.908. The Bertz CT molecular complexity index is 473. The van der Waals surface area contributed by atoms with Crippen molar-refractivity contribution in [2.45, 2.75) is 45.3 Å². The second-order valence-electron chi connectivity index (χ2n) is 5.74. The van der Waals surface area contributed by atoms with Gasteiger partial charge in [0.25, 0.3) is 5.91 Å². The van der Waals surface area contributed by atoms with Crippen molar-refractivity contribution in [2.75, 3.05) is 7.05 Å². The molecule has 0 saturated heterocycles. The van der Waals surface area contributed by atoms with Gasteiger partial charge in [0, 0.05) is 7.05 Å². The Hall–Kier alpha value is -1.71. The maximum absolute atomic E-state index is 11.9. The van der Waals surface area contributed by atoms with E-state index in [9.17, 15) is 4.79 Å². The number of carbonyl (C=O) groups is 1. The lowest BCUT2D eigenvalue weighted by atomic mass is 10.1. The van der Waals surface area contributed by atoms with E-state index in [0.29, 0.717) is 17.1 Å². The van der Waals surface area contributed by atoms with Crippen molar-refractivity contribution in [2.24, 2.45) is 0 Å². The van der Waals surface area contributed by atoms with Crippen LogP contribution in [0.3, 0.4) is 0 Å². The molecular weight excluding hydrogens is 242 g/mol. The summed E-state index contributed by atoms with van der Waals surface area (Å²) in [6.07, 6.45) is 2.29. The molecule has 0 radical (unpaired) electrons. The van der Waals surface area contributed by atoms with Gasteiger partial charge < -0.3 is 14.8 Å². The molecular formula is C15H21NO3. The van der Waals surface area contributed by atoms with Crippen LogP contribution >= 0.6 is 0 Å². The molecule has 1 N–H and O–H groups in total. The maximum Gasteiger partial charge on any atom is 0.254 e. The van der Waals surface area contributed by atoms with E-state index >= 15 is 0 Å². The van der Waals surface area contributed by atoms with Crippen LogP contribution < -0.4 is 14.8 Å². The number of para-hydroxylation sites is 1. The summed E-state index contributed by atoms with van der Waals surface area (Å²) in [5.41, 5.74) is 0.194. The Balaban J connectivity index is 2.37. The molecule has 1 fully saturated rings. The number of nitrogens with one attached hydrogen (secondary N) is 1. The Morgan fingerprint density at radius 3 is 2.53 bits per heavy atom. The summed E-state index contributed by atoms with van der Waals surface area (Å²) in [5, 5.41) is 2.63. The highest BCUT2D eigenvalue weighted by Gasteiger charge is 2.28. The molecule has 2 rings (SSSR count). The monoisotopic (exact) mass is 263 g/mol. The molecule has 0 aliphatic heterocycles. The first-order valence-electron chi connectivity index (χ1n) is 6.61. The number of benzene rings is 1. The van der Waals surface area contributed by atoms with Crippen molar-refractivity contribution in [3.63, 3.8) is 0 Å². The summed E-state index contributed by atoms with van der Waals surface area (Å²) in [4.78, 5) is 11.9. The largest absolute Gasteiger partial charge is 0.486 e. The zero-order valence-electron chi connectivity index (χ0n) is 11.9. The predicted octanol–water partition coefficient (Wildman–Crippen LogP) is 2.76. The molecule has 4 heteroatoms. The minimum atomic E-state index is -0.330. The molecule has 19 heavy (non-hydrogen) atoms. The number of carbonyl (C=O) groups excluding carboxylic acids is 1. The third-order valence-corrected chi connectivity index (χ3v) is 2.68. The fourth-order valence-corrected chi connectivity index (χ4v) is 1.71. The first-order valence-corrected chi connectivity index (χ1v) is 6.61. The molecule has 0 heterocycles. The van der Waals surface area contributed by atoms with E-state index in [0.717, 1.165) is 12.8 Å². The van der Waals surface area contributed by atoms with Crippen LogP contribution in [0, 0.1) is 0 Å². The SMILES string of the molecule is CNC(=O)c1cccc(OC(C)(C)C)c1OC1CC1. The molecule has 0 bridgehead atoms. The van der Waals surface area contributed by atoms with Crippen molar-refractivity contribution in [3.8, 4) is 11.5 Å². The van der Waals surface area contributed by atoms with Gasteiger partial charge in [-0.1, -0.05) is 6.07 Å². The van der Waals surface area contributed by atoms with E-state index < -0.39 is 0 Å². The van der Waals surface area contributed by atoms with Gasteiger partial charge in [0.1, 0.15) is 5.60 Å². The van der Waals surface area contributed by atoms with Gasteiger partial charge in [0.05, 0.1) is 11.7 Å². The number of rotatable bonds is 4. The average molecular weight is 263 g/mol. The number of hydrogen-bond donors (Lipinski definition) is 1. The van der Waals surface area contributed by atoms with Crippen molar-refractivity contribution < 1.29 is 14.3 Å². The summed E-state index contributed by atoms with van der Waals surface area (Å²) in [6.45, 7) is 5.92. The molecule has 1 aliphatic carbocycles. The van der Waals surface area contributed by atoms with Gasteiger partial charge >= 0.3 is 0 Å². The lowest BCUT2D eigenvalue weighted by molar-refractivity contribution is 0.0950. The molecule has 0 spiro atoms. The standard InChI is InChI=1S/C15H21NO3/c1-15(2,3)19-12-7-5-6-11(14(17)16-4)13(12)18-10-8-9-10/h5-7,10H,8-9H2,1-4H3,(H,16,17). The van der Waals surface area contributed by atoms with Crippen molar-refractivity contribution >= 4 is 5.91 Å². The first kappa shape index (κ1) is 13.7. The predicted molar refractivity (Wildman–Crippen MR) is 73.9 cm³/mol. The fraction of sp³-hybridized carbons (Fsp3) is 0.533. The lowest BCUT2D eigenvalue weighted by Gasteiger charge is -2.24. The van der Waals surface area contributed by atoms with Gasteiger partial charge in [-0.05, 0) is 45.7 Å². The van der Waals surface area contributed by atoms with Crippen LogP contribution in [0.15, 0.2) is 18.2 Å². The van der Waals surface area contributed by atoms with E-state index in [4.69, 9.17) is 9.47 Å². The van der Waals surface area contributed by atoms with E-state index in [2.05, 4.69) is 5.32 Å². The Labute approximate surface area is 114 Å². The van der Waals surface area contributed by atoms with Crippen LogP contribution in [0.4, 0.5) is 0 Å². The minimum Gasteiger partial charge on any atom is -0.486 e. The summed E-state index contributed by atoms with van der Waals surface area (Å²) in [7, 11) is 1.61. The van der Waals surface area contributed by atoms with E-state index in [1.54, 1.807) is 13.1 Å². The van der Waals surface area contributed by atoms with Crippen LogP contribution in [0.5, 0.6) is 11.5 Å². The van der Waals surface area contributed by atoms with Gasteiger partial charge in [0.15, 0.2) is 11.5 Å². The second kappa shape index (κ2) is 5.11. The number of hydrogen-bond acceptors (Lipinski definition) is 3. The van der Waals surface area contributed by atoms with Crippen LogP contribution in [-0.4, -0.2) is 24.7 Å². The summed E-state index contributed by atoms with van der Waals surface area (Å²) < 4.78 is 11.8. The fourth-order valence-electron chi connectivity index (χ4n) is 1.71. The van der Waals surface area contributed by atoms with Crippen LogP contribution in [0.1, 0.15) is 44.0 Å². The summed E-state index contributed by atoms with van der Waals surface area (Å²) in [5.74, 6) is 1.02. The molecule has 1 aromatic carbocycles. The molecule has 4 nitrogen and oxygen atoms in total. The van der Waals surface area contributed by atoms with Gasteiger partial charge in [-0.15, -0.1) is 0 Å². The van der Waals surface area contributed by atoms with Gasteiger partial charge in [-0.25, -0.2) is 0 Å². The average Bonchev–Trinajstić information content (AvgIpc) is 3.12. The number of amides is 1. The molecule has 1 saturated carbocycles. The second-order valence-corrected chi connectivity index (χ2v) is 5.74.